The maximum absolute atomic E-state index is 12.2. The molecule has 0 aliphatic carbocycles. The smallest absolute Gasteiger partial charge is 0.346 e. The zero-order valence-electron chi connectivity index (χ0n) is 15.9. The predicted molar refractivity (Wildman–Crippen MR) is 107 cm³/mol. The number of nitrogens with one attached hydrogen (secondary N) is 1. The van der Waals surface area contributed by atoms with E-state index in [1.54, 1.807) is 0 Å². The number of aromatic amines is 1. The maximum Gasteiger partial charge on any atom is 0.346 e. The lowest BCUT2D eigenvalue weighted by Gasteiger charge is -2.19. The van der Waals surface area contributed by atoms with Crippen molar-refractivity contribution in [3.05, 3.63) is 38.1 Å². The van der Waals surface area contributed by atoms with Crippen LogP contribution in [0.2, 0.25) is 0 Å². The van der Waals surface area contributed by atoms with Crippen LogP contribution in [0.3, 0.4) is 0 Å². The molecule has 160 valence electrons. The van der Waals surface area contributed by atoms with E-state index in [2.05, 4.69) is 20.7 Å². The molecule has 1 atom stereocenters. The van der Waals surface area contributed by atoms with Crippen LogP contribution in [0.25, 0.3) is 11.1 Å². The monoisotopic (exact) mass is 484 g/mol. The van der Waals surface area contributed by atoms with E-state index in [9.17, 15) is 29.4 Å². The number of carbonyl (C=O) groups is 3. The summed E-state index contributed by atoms with van der Waals surface area (Å²) in [4.78, 5) is 49.3. The Morgan fingerprint density at radius 3 is 2.23 bits per heavy atom. The lowest BCUT2D eigenvalue weighted by Crippen LogP contribution is -2.25. The van der Waals surface area contributed by atoms with Crippen molar-refractivity contribution in [1.82, 2.24) is 4.98 Å². The topological polar surface area (TPSA) is 178 Å². The van der Waals surface area contributed by atoms with Gasteiger partial charge in [-0.2, -0.15) is 0 Å². The fourth-order valence-corrected chi connectivity index (χ4v) is 3.24. The number of aromatic carboxylic acids is 2. The molecular formula is C18H17BrN2O9. The van der Waals surface area contributed by atoms with Gasteiger partial charge in [-0.05, 0) is 40.5 Å². The lowest BCUT2D eigenvalue weighted by molar-refractivity contribution is -0.148. The molecule has 0 amide bonds. The molecule has 0 bridgehead atoms. The molecule has 5 N–H and O–H groups in total. The number of halogens is 1. The molecule has 0 aliphatic heterocycles. The summed E-state index contributed by atoms with van der Waals surface area (Å²) in [5.41, 5.74) is 2.74. The number of rotatable bonds is 7. The van der Waals surface area contributed by atoms with Gasteiger partial charge in [-0.1, -0.05) is 0 Å². The number of carbonyl (C=O) groups excluding carboxylic acids is 1. The van der Waals surface area contributed by atoms with Gasteiger partial charge in [0.2, 0.25) is 0 Å². The molecule has 1 heterocycles. The quantitative estimate of drug-likeness (QED) is 0.422. The number of anilines is 1. The van der Waals surface area contributed by atoms with E-state index in [1.165, 1.54) is 33.3 Å². The maximum atomic E-state index is 12.2. The molecule has 1 unspecified atom stereocenters. The van der Waals surface area contributed by atoms with E-state index in [4.69, 9.17) is 15.2 Å². The number of H-pyrrole nitrogens is 1. The zero-order valence-corrected chi connectivity index (χ0v) is 17.5. The third kappa shape index (κ3) is 4.22. The Bertz CT molecular complexity index is 1090. The highest BCUT2D eigenvalue weighted by Gasteiger charge is 2.28. The van der Waals surface area contributed by atoms with Crippen LogP contribution in [-0.4, -0.2) is 53.4 Å². The molecule has 2 rings (SSSR count). The molecule has 30 heavy (non-hydrogen) atoms. The van der Waals surface area contributed by atoms with E-state index >= 15 is 0 Å². The van der Waals surface area contributed by atoms with Crippen molar-refractivity contribution in [2.75, 3.05) is 20.0 Å². The van der Waals surface area contributed by atoms with Crippen LogP contribution in [0.1, 0.15) is 27.6 Å². The third-order valence-corrected chi connectivity index (χ3v) is 4.61. The highest BCUT2D eigenvalue weighted by molar-refractivity contribution is 9.10. The average Bonchev–Trinajstić information content (AvgIpc) is 2.66. The first-order valence-corrected chi connectivity index (χ1v) is 8.97. The number of hydrogen-bond acceptors (Lipinski definition) is 8. The zero-order chi connectivity index (χ0) is 22.7. The Labute approximate surface area is 177 Å². The van der Waals surface area contributed by atoms with Gasteiger partial charge in [0, 0.05) is 5.56 Å². The van der Waals surface area contributed by atoms with Gasteiger partial charge in [0.05, 0.1) is 18.7 Å². The SMILES string of the molecule is COC(=O)C(C)Oc1c(Br)cc(-c2c(C(=O)O)c(N)[nH]c(=O)c2C(=O)O)cc1OC. The summed E-state index contributed by atoms with van der Waals surface area (Å²) in [5, 5.41) is 19.0. The number of aromatic nitrogens is 1. The van der Waals surface area contributed by atoms with Crippen LogP contribution in [0.5, 0.6) is 11.5 Å². The number of carboxylic acids is 2. The minimum atomic E-state index is -1.65. The number of nitrogens with two attached hydrogens (primary N) is 1. The van der Waals surface area contributed by atoms with Gasteiger partial charge < -0.3 is 35.1 Å². The van der Waals surface area contributed by atoms with Crippen LogP contribution in [-0.2, 0) is 9.53 Å². The first-order valence-electron chi connectivity index (χ1n) is 8.18. The van der Waals surface area contributed by atoms with Gasteiger partial charge >= 0.3 is 17.9 Å². The van der Waals surface area contributed by atoms with E-state index < -0.39 is 52.1 Å². The Hall–Kier alpha value is -3.54. The molecule has 0 saturated carbocycles. The molecule has 1 aromatic carbocycles. The molecule has 0 radical (unpaired) electrons. The van der Waals surface area contributed by atoms with Crippen molar-refractivity contribution in [1.29, 1.82) is 0 Å². The molecule has 1 aromatic heterocycles. The number of hydrogen-bond donors (Lipinski definition) is 4. The molecule has 0 fully saturated rings. The van der Waals surface area contributed by atoms with Crippen molar-refractivity contribution >= 4 is 39.7 Å². The predicted octanol–water partition coefficient (Wildman–Crippen LogP) is 1.73. The van der Waals surface area contributed by atoms with Crippen LogP contribution >= 0.6 is 15.9 Å². The number of benzene rings is 1. The number of nitrogen functional groups attached to an aromatic ring is 1. The van der Waals surface area contributed by atoms with Crippen molar-refractivity contribution in [3.63, 3.8) is 0 Å². The first-order chi connectivity index (χ1) is 14.0. The molecule has 11 nitrogen and oxygen atoms in total. The standard InChI is InChI=1S/C18H17BrN2O9/c1-6(18(27)29-3)30-13-8(19)4-7(5-9(13)28-2)10-11(16(23)24)14(20)21-15(22)12(10)17(25)26/h4-6H,1-3H3,(H,23,24)(H,25,26)(H3,20,21,22). The van der Waals surface area contributed by atoms with Crippen LogP contribution < -0.4 is 20.8 Å². The average molecular weight is 485 g/mol. The van der Waals surface area contributed by atoms with Crippen LogP contribution in [0.15, 0.2) is 21.4 Å². The largest absolute Gasteiger partial charge is 0.493 e. The highest BCUT2D eigenvalue weighted by atomic mass is 79.9. The second-order valence-electron chi connectivity index (χ2n) is 5.88. The Kier molecular flexibility index (Phi) is 6.72. The number of pyridine rings is 1. The van der Waals surface area contributed by atoms with Gasteiger partial charge in [-0.3, -0.25) is 4.79 Å². The summed E-state index contributed by atoms with van der Waals surface area (Å²) in [6.07, 6.45) is -1.01. The minimum absolute atomic E-state index is 0.00407. The second-order valence-corrected chi connectivity index (χ2v) is 6.73. The summed E-state index contributed by atoms with van der Waals surface area (Å²) in [6.45, 7) is 1.44. The van der Waals surface area contributed by atoms with Crippen LogP contribution in [0.4, 0.5) is 5.82 Å². The van der Waals surface area contributed by atoms with Gasteiger partial charge in [-0.15, -0.1) is 0 Å². The van der Waals surface area contributed by atoms with Crippen molar-refractivity contribution in [2.24, 2.45) is 0 Å². The summed E-state index contributed by atoms with van der Waals surface area (Å²) in [6, 6.07) is 2.58. The third-order valence-electron chi connectivity index (χ3n) is 4.02. The summed E-state index contributed by atoms with van der Waals surface area (Å²) >= 11 is 3.23. The number of methoxy groups -OCH3 is 2. The second kappa shape index (κ2) is 8.86. The normalized spacial score (nSPS) is 11.5. The molecule has 0 aliphatic rings. The molecule has 12 heteroatoms. The summed E-state index contributed by atoms with van der Waals surface area (Å²) < 4.78 is 15.6. The van der Waals surface area contributed by atoms with E-state index in [1.807, 2.05) is 4.98 Å². The van der Waals surface area contributed by atoms with E-state index in [0.717, 1.165) is 0 Å². The van der Waals surface area contributed by atoms with E-state index in [-0.39, 0.29) is 21.5 Å². The van der Waals surface area contributed by atoms with Gasteiger partial charge in [0.1, 0.15) is 16.9 Å². The minimum Gasteiger partial charge on any atom is -0.493 e. The van der Waals surface area contributed by atoms with Crippen molar-refractivity contribution in [3.8, 4) is 22.6 Å². The lowest BCUT2D eigenvalue weighted by atomic mass is 9.95. The van der Waals surface area contributed by atoms with Gasteiger partial charge in [0.15, 0.2) is 17.6 Å². The Morgan fingerprint density at radius 1 is 1.13 bits per heavy atom. The summed E-state index contributed by atoms with van der Waals surface area (Å²) in [7, 11) is 2.47. The molecule has 0 spiro atoms. The van der Waals surface area contributed by atoms with Crippen LogP contribution in [0, 0.1) is 0 Å². The van der Waals surface area contributed by atoms with Gasteiger partial charge in [0.25, 0.3) is 5.56 Å². The Balaban J connectivity index is 2.82. The fraction of sp³-hybridized carbons (Fsp3) is 0.222. The van der Waals surface area contributed by atoms with Crippen molar-refractivity contribution in [2.45, 2.75) is 13.0 Å². The number of ether oxygens (including phenoxy) is 3. The first kappa shape index (κ1) is 22.7. The number of carboxylic acid groups (broad SMARTS) is 2. The highest BCUT2D eigenvalue weighted by Crippen LogP contribution is 2.42. The van der Waals surface area contributed by atoms with Gasteiger partial charge in [-0.25, -0.2) is 14.4 Å². The van der Waals surface area contributed by atoms with Crippen molar-refractivity contribution < 1.29 is 38.8 Å². The molecular weight excluding hydrogens is 468 g/mol. The number of esters is 1. The summed E-state index contributed by atoms with van der Waals surface area (Å²) in [5.74, 6) is -4.26. The molecule has 2 aromatic rings. The molecule has 0 saturated heterocycles. The Morgan fingerprint density at radius 2 is 1.73 bits per heavy atom. The van der Waals surface area contributed by atoms with E-state index in [0.29, 0.717) is 0 Å². The fourth-order valence-electron chi connectivity index (χ4n) is 2.70.